The molecule has 0 saturated heterocycles. The van der Waals surface area contributed by atoms with E-state index in [4.69, 9.17) is 4.74 Å². The number of hydrogen-bond acceptors (Lipinski definition) is 3. The quantitative estimate of drug-likeness (QED) is 0.854. The highest BCUT2D eigenvalue weighted by molar-refractivity contribution is 9.10. The summed E-state index contributed by atoms with van der Waals surface area (Å²) in [5.41, 5.74) is 3.65. The van der Waals surface area contributed by atoms with Crippen LogP contribution in [0.5, 0.6) is 5.75 Å². The molecule has 5 heteroatoms. The predicted molar refractivity (Wildman–Crippen MR) is 82.8 cm³/mol. The highest BCUT2D eigenvalue weighted by atomic mass is 79.9. The van der Waals surface area contributed by atoms with E-state index >= 15 is 0 Å². The molecule has 1 aromatic rings. The number of halogens is 1. The third-order valence-electron chi connectivity index (χ3n) is 3.36. The van der Waals surface area contributed by atoms with Gasteiger partial charge in [-0.25, -0.2) is 5.43 Å². The maximum absolute atomic E-state index is 11.7. The summed E-state index contributed by atoms with van der Waals surface area (Å²) in [5, 5.41) is 4.18. The van der Waals surface area contributed by atoms with Gasteiger partial charge in [0.1, 0.15) is 5.75 Å². The molecular formula is C15H19BrN2O2. The van der Waals surface area contributed by atoms with Gasteiger partial charge in [-0.15, -0.1) is 0 Å². The summed E-state index contributed by atoms with van der Waals surface area (Å²) in [6.45, 7) is 2.23. The monoisotopic (exact) mass is 338 g/mol. The lowest BCUT2D eigenvalue weighted by molar-refractivity contribution is -0.123. The molecule has 0 radical (unpaired) electrons. The van der Waals surface area contributed by atoms with Gasteiger partial charge in [0, 0.05) is 10.2 Å². The average Bonchev–Trinajstić information content (AvgIpc) is 2.45. The number of hydrazone groups is 1. The molecule has 0 atom stereocenters. The molecule has 1 aliphatic carbocycles. The Kier molecular flexibility index (Phi) is 5.59. The van der Waals surface area contributed by atoms with Gasteiger partial charge in [-0.05, 0) is 49.8 Å². The molecule has 1 saturated carbocycles. The summed E-state index contributed by atoms with van der Waals surface area (Å²) >= 11 is 3.35. The molecule has 1 aliphatic rings. The lowest BCUT2D eigenvalue weighted by Gasteiger charge is -2.18. The van der Waals surface area contributed by atoms with Crippen molar-refractivity contribution in [1.82, 2.24) is 5.43 Å². The minimum Gasteiger partial charge on any atom is -0.484 e. The molecule has 0 aromatic heterocycles. The zero-order valence-electron chi connectivity index (χ0n) is 11.6. The second-order valence-electron chi connectivity index (χ2n) is 5.14. The standard InChI is InChI=1S/C15H19BrN2O2/c1-11-5-7-13(8-6-11)17-18-15(19)10-20-14-4-2-3-12(16)9-14/h2-4,9,11H,5-8,10H2,1H3,(H,18,19). The van der Waals surface area contributed by atoms with Gasteiger partial charge >= 0.3 is 0 Å². The summed E-state index contributed by atoms with van der Waals surface area (Å²) in [6, 6.07) is 7.40. The number of hydrogen-bond donors (Lipinski definition) is 1. The number of ether oxygens (including phenoxy) is 1. The first-order chi connectivity index (χ1) is 9.63. The van der Waals surface area contributed by atoms with Crippen molar-refractivity contribution in [1.29, 1.82) is 0 Å². The number of carbonyl (C=O) groups excluding carboxylic acids is 1. The number of benzene rings is 1. The molecule has 0 heterocycles. The van der Waals surface area contributed by atoms with Gasteiger partial charge in [-0.3, -0.25) is 4.79 Å². The summed E-state index contributed by atoms with van der Waals surface area (Å²) < 4.78 is 6.32. The second kappa shape index (κ2) is 7.43. The van der Waals surface area contributed by atoms with E-state index in [0.717, 1.165) is 41.8 Å². The summed E-state index contributed by atoms with van der Waals surface area (Å²) in [4.78, 5) is 11.7. The summed E-state index contributed by atoms with van der Waals surface area (Å²) in [7, 11) is 0. The topological polar surface area (TPSA) is 50.7 Å². The Morgan fingerprint density at radius 3 is 2.90 bits per heavy atom. The van der Waals surface area contributed by atoms with Crippen LogP contribution >= 0.6 is 15.9 Å². The van der Waals surface area contributed by atoms with Crippen LogP contribution in [-0.4, -0.2) is 18.2 Å². The normalized spacial score (nSPS) is 18.5. The lowest BCUT2D eigenvalue weighted by Crippen LogP contribution is -2.26. The summed E-state index contributed by atoms with van der Waals surface area (Å²) in [5.74, 6) is 1.20. The zero-order valence-corrected chi connectivity index (χ0v) is 13.1. The molecule has 108 valence electrons. The zero-order chi connectivity index (χ0) is 14.4. The van der Waals surface area contributed by atoms with Crippen molar-refractivity contribution in [2.24, 2.45) is 11.0 Å². The van der Waals surface area contributed by atoms with Gasteiger partial charge in [0.05, 0.1) is 0 Å². The molecule has 1 fully saturated rings. The predicted octanol–water partition coefficient (Wildman–Crippen LogP) is 3.51. The van der Waals surface area contributed by atoms with E-state index in [1.165, 1.54) is 0 Å². The molecule has 4 nitrogen and oxygen atoms in total. The van der Waals surface area contributed by atoms with Crippen molar-refractivity contribution in [3.05, 3.63) is 28.7 Å². The highest BCUT2D eigenvalue weighted by Crippen LogP contribution is 2.21. The Bertz CT molecular complexity index is 492. The number of nitrogens with one attached hydrogen (secondary N) is 1. The van der Waals surface area contributed by atoms with E-state index in [1.54, 1.807) is 0 Å². The fraction of sp³-hybridized carbons (Fsp3) is 0.467. The molecular weight excluding hydrogens is 320 g/mol. The molecule has 1 N–H and O–H groups in total. The van der Waals surface area contributed by atoms with E-state index in [1.807, 2.05) is 24.3 Å². The Morgan fingerprint density at radius 1 is 1.45 bits per heavy atom. The van der Waals surface area contributed by atoms with Crippen molar-refractivity contribution < 1.29 is 9.53 Å². The molecule has 0 spiro atoms. The molecule has 1 aromatic carbocycles. The van der Waals surface area contributed by atoms with E-state index in [0.29, 0.717) is 5.75 Å². The number of carbonyl (C=O) groups is 1. The fourth-order valence-electron chi connectivity index (χ4n) is 2.09. The van der Waals surface area contributed by atoms with Gasteiger partial charge in [-0.1, -0.05) is 28.9 Å². The van der Waals surface area contributed by atoms with Gasteiger partial charge in [0.25, 0.3) is 5.91 Å². The van der Waals surface area contributed by atoms with Crippen LogP contribution in [0.4, 0.5) is 0 Å². The van der Waals surface area contributed by atoms with E-state index in [-0.39, 0.29) is 12.5 Å². The van der Waals surface area contributed by atoms with Crippen molar-refractivity contribution in [3.8, 4) is 5.75 Å². The Balaban J connectivity index is 1.74. The van der Waals surface area contributed by atoms with Crippen LogP contribution in [0.3, 0.4) is 0 Å². The van der Waals surface area contributed by atoms with Crippen molar-refractivity contribution in [2.75, 3.05) is 6.61 Å². The van der Waals surface area contributed by atoms with Crippen LogP contribution in [0.15, 0.2) is 33.8 Å². The fourth-order valence-corrected chi connectivity index (χ4v) is 2.46. The van der Waals surface area contributed by atoms with Crippen LogP contribution < -0.4 is 10.2 Å². The molecule has 2 rings (SSSR count). The maximum atomic E-state index is 11.7. The van der Waals surface area contributed by atoms with Gasteiger partial charge < -0.3 is 4.74 Å². The molecule has 0 bridgehead atoms. The smallest absolute Gasteiger partial charge is 0.277 e. The minimum absolute atomic E-state index is 0.0242. The molecule has 0 aliphatic heterocycles. The van der Waals surface area contributed by atoms with Crippen molar-refractivity contribution in [2.45, 2.75) is 32.6 Å². The third kappa shape index (κ3) is 4.96. The number of nitrogens with zero attached hydrogens (tertiary/aromatic N) is 1. The van der Waals surface area contributed by atoms with Crippen molar-refractivity contribution >= 4 is 27.5 Å². The van der Waals surface area contributed by atoms with E-state index in [2.05, 4.69) is 33.4 Å². The lowest BCUT2D eigenvalue weighted by atomic mass is 9.90. The second-order valence-corrected chi connectivity index (χ2v) is 6.06. The van der Waals surface area contributed by atoms with Crippen molar-refractivity contribution in [3.63, 3.8) is 0 Å². The van der Waals surface area contributed by atoms with E-state index < -0.39 is 0 Å². The first-order valence-corrected chi connectivity index (χ1v) is 7.65. The molecule has 0 unspecified atom stereocenters. The first kappa shape index (κ1) is 15.0. The Morgan fingerprint density at radius 2 is 2.20 bits per heavy atom. The van der Waals surface area contributed by atoms with Crippen LogP contribution in [0, 0.1) is 5.92 Å². The van der Waals surface area contributed by atoms with Gasteiger partial charge in [0.2, 0.25) is 0 Å². The minimum atomic E-state index is -0.226. The third-order valence-corrected chi connectivity index (χ3v) is 3.85. The van der Waals surface area contributed by atoms with Crippen LogP contribution in [0.1, 0.15) is 32.6 Å². The number of rotatable bonds is 4. The summed E-state index contributed by atoms with van der Waals surface area (Å²) in [6.07, 6.45) is 4.27. The van der Waals surface area contributed by atoms with Crippen LogP contribution in [0.2, 0.25) is 0 Å². The Labute approximate surface area is 127 Å². The maximum Gasteiger partial charge on any atom is 0.277 e. The average molecular weight is 339 g/mol. The highest BCUT2D eigenvalue weighted by Gasteiger charge is 2.13. The van der Waals surface area contributed by atoms with Crippen LogP contribution in [0.25, 0.3) is 0 Å². The van der Waals surface area contributed by atoms with Gasteiger partial charge in [-0.2, -0.15) is 5.10 Å². The van der Waals surface area contributed by atoms with Gasteiger partial charge in [0.15, 0.2) is 6.61 Å². The Hall–Kier alpha value is -1.36. The SMILES string of the molecule is CC1CCC(=NNC(=O)COc2cccc(Br)c2)CC1. The van der Waals surface area contributed by atoms with E-state index in [9.17, 15) is 4.79 Å². The number of amides is 1. The first-order valence-electron chi connectivity index (χ1n) is 6.86. The molecule has 1 amide bonds. The largest absolute Gasteiger partial charge is 0.484 e. The van der Waals surface area contributed by atoms with Crippen LogP contribution in [-0.2, 0) is 4.79 Å². The molecule has 20 heavy (non-hydrogen) atoms.